The first kappa shape index (κ1) is 10.1. The van der Waals surface area contributed by atoms with Crippen LogP contribution in [0.1, 0.15) is 6.92 Å². The van der Waals surface area contributed by atoms with Gasteiger partial charge in [-0.3, -0.25) is 4.79 Å². The van der Waals surface area contributed by atoms with Crippen molar-refractivity contribution in [3.05, 3.63) is 12.7 Å². The second kappa shape index (κ2) is 4.87. The third kappa shape index (κ3) is 3.75. The predicted molar refractivity (Wildman–Crippen MR) is 41.2 cm³/mol. The van der Waals surface area contributed by atoms with Crippen molar-refractivity contribution in [3.8, 4) is 0 Å². The van der Waals surface area contributed by atoms with Gasteiger partial charge in [0.1, 0.15) is 6.04 Å². The van der Waals surface area contributed by atoms with E-state index in [1.807, 2.05) is 0 Å². The Morgan fingerprint density at radius 1 is 1.91 bits per heavy atom. The van der Waals surface area contributed by atoms with Crippen LogP contribution in [-0.2, 0) is 9.53 Å². The molecular formula is C7H13NO3. The molecule has 0 aliphatic carbocycles. The van der Waals surface area contributed by atoms with Crippen LogP contribution in [0.3, 0.4) is 0 Å². The second-order valence-corrected chi connectivity index (χ2v) is 2.19. The molecule has 0 fully saturated rings. The normalized spacial score (nSPS) is 15.5. The van der Waals surface area contributed by atoms with Crippen LogP contribution in [0.25, 0.3) is 0 Å². The maximum absolute atomic E-state index is 10.3. The molecule has 0 saturated carbocycles. The maximum atomic E-state index is 10.3. The lowest BCUT2D eigenvalue weighted by atomic mass is 10.2. The standard InChI is InChI=1S/C7H13NO3/c1-3-4-11-5(2)6(8)7(9)10/h3,5-6H,1,4,8H2,2H3,(H,9,10). The van der Waals surface area contributed by atoms with Gasteiger partial charge in [0.2, 0.25) is 0 Å². The van der Waals surface area contributed by atoms with Crippen molar-refractivity contribution in [1.29, 1.82) is 0 Å². The van der Waals surface area contributed by atoms with Crippen LogP contribution in [0.2, 0.25) is 0 Å². The van der Waals surface area contributed by atoms with E-state index in [0.29, 0.717) is 6.61 Å². The fraction of sp³-hybridized carbons (Fsp3) is 0.571. The van der Waals surface area contributed by atoms with Crippen molar-refractivity contribution in [1.82, 2.24) is 0 Å². The molecule has 0 aliphatic rings. The van der Waals surface area contributed by atoms with E-state index in [2.05, 4.69) is 6.58 Å². The molecular weight excluding hydrogens is 146 g/mol. The highest BCUT2D eigenvalue weighted by molar-refractivity contribution is 5.73. The summed E-state index contributed by atoms with van der Waals surface area (Å²) in [5.74, 6) is -1.05. The van der Waals surface area contributed by atoms with Gasteiger partial charge in [-0.2, -0.15) is 0 Å². The molecule has 0 aliphatic heterocycles. The third-order valence-electron chi connectivity index (χ3n) is 1.27. The highest BCUT2D eigenvalue weighted by Crippen LogP contribution is 1.95. The summed E-state index contributed by atoms with van der Waals surface area (Å²) >= 11 is 0. The number of hydrogen-bond donors (Lipinski definition) is 2. The highest BCUT2D eigenvalue weighted by atomic mass is 16.5. The van der Waals surface area contributed by atoms with Gasteiger partial charge in [0.25, 0.3) is 0 Å². The fourth-order valence-electron chi connectivity index (χ4n) is 0.524. The zero-order valence-corrected chi connectivity index (χ0v) is 6.49. The van der Waals surface area contributed by atoms with Gasteiger partial charge in [0.05, 0.1) is 12.7 Å². The Hall–Kier alpha value is -0.870. The SMILES string of the molecule is C=CCOC(C)C(N)C(=O)O. The van der Waals surface area contributed by atoms with E-state index in [4.69, 9.17) is 15.6 Å². The molecule has 64 valence electrons. The van der Waals surface area contributed by atoms with Gasteiger partial charge in [-0.1, -0.05) is 6.08 Å². The molecule has 4 heteroatoms. The van der Waals surface area contributed by atoms with Gasteiger partial charge in [0, 0.05) is 0 Å². The number of ether oxygens (including phenoxy) is 1. The number of carboxylic acids is 1. The molecule has 2 atom stereocenters. The first-order valence-electron chi connectivity index (χ1n) is 3.30. The summed E-state index contributed by atoms with van der Waals surface area (Å²) in [5, 5.41) is 8.42. The Morgan fingerprint density at radius 3 is 2.82 bits per heavy atom. The Kier molecular flexibility index (Phi) is 4.49. The van der Waals surface area contributed by atoms with E-state index in [9.17, 15) is 4.79 Å². The molecule has 0 aromatic carbocycles. The van der Waals surface area contributed by atoms with Crippen molar-refractivity contribution in [3.63, 3.8) is 0 Å². The average molecular weight is 159 g/mol. The van der Waals surface area contributed by atoms with Crippen molar-refractivity contribution in [2.45, 2.75) is 19.1 Å². The van der Waals surface area contributed by atoms with Crippen molar-refractivity contribution >= 4 is 5.97 Å². The number of rotatable bonds is 5. The molecule has 0 amide bonds. The summed E-state index contributed by atoms with van der Waals surface area (Å²) in [6.45, 7) is 5.36. The number of nitrogens with two attached hydrogens (primary N) is 1. The van der Waals surface area contributed by atoms with E-state index in [1.54, 1.807) is 13.0 Å². The lowest BCUT2D eigenvalue weighted by Gasteiger charge is -2.15. The number of carbonyl (C=O) groups is 1. The first-order valence-corrected chi connectivity index (χ1v) is 3.30. The van der Waals surface area contributed by atoms with E-state index >= 15 is 0 Å². The first-order chi connectivity index (χ1) is 5.09. The van der Waals surface area contributed by atoms with Crippen LogP contribution in [0, 0.1) is 0 Å². The molecule has 4 nitrogen and oxygen atoms in total. The summed E-state index contributed by atoms with van der Waals surface area (Å²) in [6, 6.07) is -0.963. The Bertz CT molecular complexity index is 147. The summed E-state index contributed by atoms with van der Waals surface area (Å²) in [7, 11) is 0. The van der Waals surface area contributed by atoms with Crippen LogP contribution in [0.5, 0.6) is 0 Å². The minimum Gasteiger partial charge on any atom is -0.480 e. The molecule has 0 saturated heterocycles. The molecule has 0 spiro atoms. The fourth-order valence-corrected chi connectivity index (χ4v) is 0.524. The Morgan fingerprint density at radius 2 is 2.45 bits per heavy atom. The molecule has 0 rings (SSSR count). The van der Waals surface area contributed by atoms with Gasteiger partial charge in [-0.05, 0) is 6.92 Å². The van der Waals surface area contributed by atoms with Crippen molar-refractivity contribution in [2.75, 3.05) is 6.61 Å². The molecule has 0 aromatic heterocycles. The monoisotopic (exact) mass is 159 g/mol. The maximum Gasteiger partial charge on any atom is 0.323 e. The number of carboxylic acid groups (broad SMARTS) is 1. The average Bonchev–Trinajstić information content (AvgIpc) is 1.98. The van der Waals surface area contributed by atoms with Crippen LogP contribution >= 0.6 is 0 Å². The predicted octanol–water partition coefficient (Wildman–Crippen LogP) is -0.0106. The molecule has 0 aromatic rings. The largest absolute Gasteiger partial charge is 0.480 e. The minimum atomic E-state index is -1.05. The van der Waals surface area contributed by atoms with Crippen LogP contribution in [0.15, 0.2) is 12.7 Å². The lowest BCUT2D eigenvalue weighted by Crippen LogP contribution is -2.41. The van der Waals surface area contributed by atoms with E-state index in [0.717, 1.165) is 0 Å². The van der Waals surface area contributed by atoms with Gasteiger partial charge in [-0.25, -0.2) is 0 Å². The molecule has 3 N–H and O–H groups in total. The van der Waals surface area contributed by atoms with E-state index in [-0.39, 0.29) is 0 Å². The summed E-state index contributed by atoms with van der Waals surface area (Å²) < 4.78 is 4.99. The van der Waals surface area contributed by atoms with Gasteiger partial charge >= 0.3 is 5.97 Å². The number of aliphatic carboxylic acids is 1. The summed E-state index contributed by atoms with van der Waals surface area (Å²) in [4.78, 5) is 10.3. The zero-order valence-electron chi connectivity index (χ0n) is 6.49. The van der Waals surface area contributed by atoms with E-state index < -0.39 is 18.1 Å². The molecule has 2 unspecified atom stereocenters. The number of hydrogen-bond acceptors (Lipinski definition) is 3. The molecule has 11 heavy (non-hydrogen) atoms. The van der Waals surface area contributed by atoms with Crippen molar-refractivity contribution in [2.24, 2.45) is 5.73 Å². The molecule has 0 bridgehead atoms. The van der Waals surface area contributed by atoms with Gasteiger partial charge in [-0.15, -0.1) is 6.58 Å². The van der Waals surface area contributed by atoms with E-state index in [1.165, 1.54) is 0 Å². The highest BCUT2D eigenvalue weighted by Gasteiger charge is 2.19. The summed E-state index contributed by atoms with van der Waals surface area (Å²) in [6.07, 6.45) is 1.07. The quantitative estimate of drug-likeness (QED) is 0.553. The van der Waals surface area contributed by atoms with Crippen LogP contribution in [-0.4, -0.2) is 29.8 Å². The molecule has 0 heterocycles. The Balaban J connectivity index is 3.72. The van der Waals surface area contributed by atoms with Gasteiger partial charge < -0.3 is 15.6 Å². The molecule has 0 radical (unpaired) electrons. The lowest BCUT2D eigenvalue weighted by molar-refractivity contribution is -0.141. The van der Waals surface area contributed by atoms with Crippen molar-refractivity contribution < 1.29 is 14.6 Å². The van der Waals surface area contributed by atoms with Crippen LogP contribution in [0.4, 0.5) is 0 Å². The Labute approximate surface area is 65.6 Å². The third-order valence-corrected chi connectivity index (χ3v) is 1.27. The zero-order chi connectivity index (χ0) is 8.85. The smallest absolute Gasteiger partial charge is 0.323 e. The summed E-state index contributed by atoms with van der Waals surface area (Å²) in [5.41, 5.74) is 5.24. The second-order valence-electron chi connectivity index (χ2n) is 2.19. The topological polar surface area (TPSA) is 72.5 Å². The minimum absolute atomic E-state index is 0.322. The van der Waals surface area contributed by atoms with Crippen LogP contribution < -0.4 is 5.73 Å². The van der Waals surface area contributed by atoms with Gasteiger partial charge in [0.15, 0.2) is 0 Å².